The molecule has 0 aliphatic rings. The first-order chi connectivity index (χ1) is 3.56. The zero-order valence-electron chi connectivity index (χ0n) is 3.96. The molecule has 8 heavy (non-hydrogen) atoms. The molecule has 0 amide bonds. The molecule has 0 saturated heterocycles. The standard InChI is InChI=1S/C3H4Cl3O.Sn/c4-3(5,6)1-2-7;/h1-2H2;/q-1;+1. The number of rotatable bonds is 2. The van der Waals surface area contributed by atoms with E-state index in [-0.39, 0.29) is 0 Å². The van der Waals surface area contributed by atoms with Crippen LogP contribution in [0.1, 0.15) is 6.42 Å². The van der Waals surface area contributed by atoms with Gasteiger partial charge in [0.15, 0.2) is 0 Å². The van der Waals surface area contributed by atoms with Gasteiger partial charge >= 0.3 is 77.6 Å². The van der Waals surface area contributed by atoms with Crippen molar-refractivity contribution in [1.82, 2.24) is 0 Å². The van der Waals surface area contributed by atoms with Crippen molar-refractivity contribution in [3.8, 4) is 0 Å². The van der Waals surface area contributed by atoms with Crippen LogP contribution in [-0.4, -0.2) is 33.3 Å². The van der Waals surface area contributed by atoms with Crippen LogP contribution in [0, 0.1) is 0 Å². The van der Waals surface area contributed by atoms with Crippen LogP contribution in [-0.2, 0) is 3.07 Å². The van der Waals surface area contributed by atoms with E-state index in [0.29, 0.717) is 13.0 Å². The van der Waals surface area contributed by atoms with Crippen LogP contribution in [0.2, 0.25) is 0 Å². The summed E-state index contributed by atoms with van der Waals surface area (Å²) in [6.45, 7) is 0.523. The van der Waals surface area contributed by atoms with Gasteiger partial charge in [-0.1, -0.05) is 0 Å². The molecule has 0 fully saturated rings. The van der Waals surface area contributed by atoms with E-state index in [0.717, 1.165) is 22.9 Å². The molecule has 0 aliphatic heterocycles. The maximum atomic E-state index is 5.37. The predicted molar refractivity (Wildman–Crippen MR) is 36.6 cm³/mol. The summed E-state index contributed by atoms with van der Waals surface area (Å²) in [5, 5.41) is 0. The Hall–Kier alpha value is 1.63. The molecular formula is C3H4Cl3OSn. The molecule has 0 unspecified atom stereocenters. The molecule has 0 heterocycles. The van der Waals surface area contributed by atoms with Crippen LogP contribution in [0.4, 0.5) is 0 Å². The molecule has 0 aromatic heterocycles. The average molecular weight is 281 g/mol. The third kappa shape index (κ3) is 7.63. The van der Waals surface area contributed by atoms with Crippen molar-refractivity contribution in [2.75, 3.05) is 6.61 Å². The monoisotopic (exact) mass is 281 g/mol. The molecule has 1 nitrogen and oxygen atoms in total. The number of alkyl halides is 3. The molecular weight excluding hydrogens is 277 g/mol. The molecule has 0 rings (SSSR count). The minimum absolute atomic E-state index is 0.461. The molecule has 0 aromatic rings. The van der Waals surface area contributed by atoms with Crippen LogP contribution in [0.25, 0.3) is 0 Å². The maximum absolute atomic E-state index is 5.37. The molecule has 0 saturated carbocycles. The van der Waals surface area contributed by atoms with Gasteiger partial charge in [0.25, 0.3) is 0 Å². The molecule has 0 spiro atoms. The van der Waals surface area contributed by atoms with Gasteiger partial charge < -0.3 is 0 Å². The topological polar surface area (TPSA) is 9.23 Å². The zero-order chi connectivity index (χ0) is 6.62. The molecule has 0 aliphatic carbocycles. The van der Waals surface area contributed by atoms with Crippen LogP contribution < -0.4 is 0 Å². The van der Waals surface area contributed by atoms with Gasteiger partial charge in [-0.05, 0) is 0 Å². The Labute approximate surface area is 77.3 Å². The summed E-state index contributed by atoms with van der Waals surface area (Å²) in [6, 6.07) is 0. The van der Waals surface area contributed by atoms with E-state index in [1.54, 1.807) is 0 Å². The zero-order valence-corrected chi connectivity index (χ0v) is 9.08. The van der Waals surface area contributed by atoms with Crippen LogP contribution in [0.3, 0.4) is 0 Å². The van der Waals surface area contributed by atoms with E-state index >= 15 is 0 Å². The van der Waals surface area contributed by atoms with Crippen molar-refractivity contribution in [3.05, 3.63) is 0 Å². The van der Waals surface area contributed by atoms with E-state index < -0.39 is 3.79 Å². The molecule has 3 radical (unpaired) electrons. The van der Waals surface area contributed by atoms with Gasteiger partial charge in [-0.25, -0.2) is 0 Å². The normalized spacial score (nSPS) is 12.0. The Balaban J connectivity index is 3.11. The van der Waals surface area contributed by atoms with Gasteiger partial charge in [-0.3, -0.25) is 0 Å². The van der Waals surface area contributed by atoms with E-state index in [4.69, 9.17) is 37.9 Å². The number of halogens is 3. The molecule has 0 aromatic carbocycles. The first-order valence-corrected chi connectivity index (χ1v) is 4.21. The van der Waals surface area contributed by atoms with E-state index in [2.05, 4.69) is 0 Å². The third-order valence-corrected chi connectivity index (χ3v) is 1.64. The van der Waals surface area contributed by atoms with E-state index in [1.807, 2.05) is 0 Å². The van der Waals surface area contributed by atoms with Crippen molar-refractivity contribution >= 4 is 57.7 Å². The summed E-state index contributed by atoms with van der Waals surface area (Å²) >= 11 is 17.1. The van der Waals surface area contributed by atoms with Crippen molar-refractivity contribution in [2.24, 2.45) is 0 Å². The summed E-state index contributed by atoms with van der Waals surface area (Å²) in [5.41, 5.74) is 0. The summed E-state index contributed by atoms with van der Waals surface area (Å²) in [4.78, 5) is 0. The Morgan fingerprint density at radius 3 is 2.00 bits per heavy atom. The van der Waals surface area contributed by atoms with Gasteiger partial charge in [-0.15, -0.1) is 0 Å². The second-order valence-corrected chi connectivity index (χ2v) is 4.55. The fourth-order valence-electron chi connectivity index (χ4n) is 0.167. The fraction of sp³-hybridized carbons (Fsp3) is 1.00. The van der Waals surface area contributed by atoms with Gasteiger partial charge in [0.2, 0.25) is 0 Å². The molecule has 0 N–H and O–H groups in total. The molecule has 0 bridgehead atoms. The Kier molecular flexibility index (Phi) is 5.35. The van der Waals surface area contributed by atoms with Crippen LogP contribution in [0.15, 0.2) is 0 Å². The van der Waals surface area contributed by atoms with Crippen molar-refractivity contribution < 1.29 is 3.07 Å². The van der Waals surface area contributed by atoms with Crippen molar-refractivity contribution in [2.45, 2.75) is 10.2 Å². The Morgan fingerprint density at radius 2 is 1.88 bits per heavy atom. The SMILES string of the molecule is ClC(Cl)(Cl)CC[O][Sn]. The quantitative estimate of drug-likeness (QED) is 0.554. The average Bonchev–Trinajstić information content (AvgIpc) is 1.59. The van der Waals surface area contributed by atoms with Gasteiger partial charge in [-0.2, -0.15) is 0 Å². The minimum atomic E-state index is -1.14. The first kappa shape index (κ1) is 9.63. The van der Waals surface area contributed by atoms with Gasteiger partial charge in [0, 0.05) is 0 Å². The first-order valence-electron chi connectivity index (χ1n) is 1.91. The van der Waals surface area contributed by atoms with E-state index in [1.165, 1.54) is 0 Å². The van der Waals surface area contributed by atoms with Crippen molar-refractivity contribution in [1.29, 1.82) is 0 Å². The van der Waals surface area contributed by atoms with E-state index in [9.17, 15) is 0 Å². The summed E-state index contributed by atoms with van der Waals surface area (Å²) in [7, 11) is 0. The Bertz CT molecular complexity index is 62.0. The molecule has 5 heteroatoms. The third-order valence-electron chi connectivity index (χ3n) is 0.488. The van der Waals surface area contributed by atoms with Gasteiger partial charge in [0.1, 0.15) is 0 Å². The second kappa shape index (κ2) is 4.45. The summed E-state index contributed by atoms with van der Waals surface area (Å²) in [6.07, 6.45) is 0.461. The number of hydrogen-bond acceptors (Lipinski definition) is 1. The van der Waals surface area contributed by atoms with Crippen LogP contribution in [0.5, 0.6) is 0 Å². The molecule has 47 valence electrons. The summed E-state index contributed by atoms with van der Waals surface area (Å²) in [5.74, 6) is 0. The van der Waals surface area contributed by atoms with Crippen molar-refractivity contribution in [3.63, 3.8) is 0 Å². The number of hydrogen-bond donors (Lipinski definition) is 0. The fourth-order valence-corrected chi connectivity index (χ4v) is 0.690. The molecule has 0 atom stereocenters. The second-order valence-electron chi connectivity index (χ2n) is 1.21. The van der Waals surface area contributed by atoms with Crippen LogP contribution >= 0.6 is 34.8 Å². The Morgan fingerprint density at radius 1 is 1.38 bits per heavy atom. The summed E-state index contributed by atoms with van der Waals surface area (Å²) < 4.78 is 3.61. The predicted octanol–water partition coefficient (Wildman–Crippen LogP) is 1.85. The van der Waals surface area contributed by atoms with Gasteiger partial charge in [0.05, 0.1) is 0 Å².